The molecule has 0 spiro atoms. The normalized spacial score (nSPS) is 26.1. The molecule has 0 saturated carbocycles. The van der Waals surface area contributed by atoms with Crippen LogP contribution in [-0.2, 0) is 23.2 Å². The number of nitrogens with zero attached hydrogens (tertiary/aromatic N) is 3. The molecule has 116 valence electrons. The van der Waals surface area contributed by atoms with Gasteiger partial charge in [0.15, 0.2) is 0 Å². The number of carbonyl (C=O) groups is 2. The highest BCUT2D eigenvalue weighted by molar-refractivity contribution is 5.99. The first-order chi connectivity index (χ1) is 9.92. The Hall–Kier alpha value is -1.85. The molecule has 1 saturated heterocycles. The molecule has 0 bridgehead atoms. The third-order valence-corrected chi connectivity index (χ3v) is 4.31. The van der Waals surface area contributed by atoms with E-state index in [-0.39, 0.29) is 11.8 Å². The molecule has 0 aromatic carbocycles. The van der Waals surface area contributed by atoms with Crippen molar-refractivity contribution in [1.82, 2.24) is 20.0 Å². The summed E-state index contributed by atoms with van der Waals surface area (Å²) in [6, 6.07) is 1.47. The maximum absolute atomic E-state index is 12.7. The van der Waals surface area contributed by atoms with Crippen LogP contribution in [0.1, 0.15) is 45.7 Å². The second-order valence-corrected chi connectivity index (χ2v) is 5.85. The monoisotopic (exact) mass is 292 g/mol. The van der Waals surface area contributed by atoms with Crippen molar-refractivity contribution in [3.63, 3.8) is 0 Å². The minimum atomic E-state index is -0.807. The largest absolute Gasteiger partial charge is 0.342 e. The fourth-order valence-electron chi connectivity index (χ4n) is 2.73. The van der Waals surface area contributed by atoms with Crippen LogP contribution in [0.5, 0.6) is 0 Å². The zero-order valence-corrected chi connectivity index (χ0v) is 13.2. The molecule has 2 unspecified atom stereocenters. The molecule has 0 radical (unpaired) electrons. The van der Waals surface area contributed by atoms with E-state index in [0.717, 1.165) is 12.1 Å². The molecule has 1 N–H and O–H groups in total. The van der Waals surface area contributed by atoms with Gasteiger partial charge in [-0.15, -0.1) is 0 Å². The predicted molar refractivity (Wildman–Crippen MR) is 79.3 cm³/mol. The summed E-state index contributed by atoms with van der Waals surface area (Å²) < 4.78 is 1.70. The van der Waals surface area contributed by atoms with Crippen molar-refractivity contribution >= 4 is 11.8 Å². The van der Waals surface area contributed by atoms with Gasteiger partial charge in [0.2, 0.25) is 11.8 Å². The van der Waals surface area contributed by atoms with Crippen LogP contribution in [0.3, 0.4) is 0 Å². The smallest absolute Gasteiger partial charge is 0.246 e. The highest BCUT2D eigenvalue weighted by Gasteiger charge is 2.47. The maximum Gasteiger partial charge on any atom is 0.246 e. The minimum Gasteiger partial charge on any atom is -0.342 e. The molecule has 2 atom stereocenters. The standard InChI is InChI=1S/C15H24N4O2/c1-5-7-12-13(20)19(10-11-8-9-18(4)17-11)15(3,6-2)14(21)16-12/h8-9,12H,5-7,10H2,1-4H3,(H,16,21). The average Bonchev–Trinajstić information content (AvgIpc) is 2.86. The van der Waals surface area contributed by atoms with Gasteiger partial charge in [0, 0.05) is 13.2 Å². The Morgan fingerprint density at radius 3 is 2.62 bits per heavy atom. The molecule has 1 aliphatic rings. The van der Waals surface area contributed by atoms with Gasteiger partial charge in [0.05, 0.1) is 12.2 Å². The fraction of sp³-hybridized carbons (Fsp3) is 0.667. The van der Waals surface area contributed by atoms with E-state index in [2.05, 4.69) is 10.4 Å². The molecule has 6 heteroatoms. The predicted octanol–water partition coefficient (Wildman–Crippen LogP) is 1.22. The number of nitrogens with one attached hydrogen (secondary N) is 1. The Balaban J connectivity index is 2.30. The summed E-state index contributed by atoms with van der Waals surface area (Å²) in [5.41, 5.74) is -0.00534. The number of hydrogen-bond donors (Lipinski definition) is 1. The molecular weight excluding hydrogens is 268 g/mol. The summed E-state index contributed by atoms with van der Waals surface area (Å²) >= 11 is 0. The molecule has 0 aliphatic carbocycles. The summed E-state index contributed by atoms with van der Waals surface area (Å²) in [4.78, 5) is 26.9. The summed E-state index contributed by atoms with van der Waals surface area (Å²) in [6.07, 6.45) is 3.95. The second-order valence-electron chi connectivity index (χ2n) is 5.85. The van der Waals surface area contributed by atoms with E-state index in [1.54, 1.807) is 9.58 Å². The van der Waals surface area contributed by atoms with Gasteiger partial charge in [0.25, 0.3) is 0 Å². The minimum absolute atomic E-state index is 0.00791. The van der Waals surface area contributed by atoms with E-state index in [9.17, 15) is 9.59 Å². The van der Waals surface area contributed by atoms with Gasteiger partial charge in [-0.25, -0.2) is 0 Å². The quantitative estimate of drug-likeness (QED) is 0.887. The van der Waals surface area contributed by atoms with Gasteiger partial charge in [0.1, 0.15) is 11.6 Å². The molecule has 2 amide bonds. The van der Waals surface area contributed by atoms with Crippen LogP contribution in [0.15, 0.2) is 12.3 Å². The maximum atomic E-state index is 12.7. The number of piperazine rings is 1. The highest BCUT2D eigenvalue weighted by atomic mass is 16.2. The Labute approximate surface area is 125 Å². The Morgan fingerprint density at radius 1 is 1.38 bits per heavy atom. The zero-order valence-electron chi connectivity index (χ0n) is 13.2. The van der Waals surface area contributed by atoms with Crippen molar-refractivity contribution in [2.75, 3.05) is 0 Å². The first-order valence-electron chi connectivity index (χ1n) is 7.53. The third-order valence-electron chi connectivity index (χ3n) is 4.31. The Kier molecular flexibility index (Phi) is 4.34. The van der Waals surface area contributed by atoms with E-state index < -0.39 is 11.6 Å². The lowest BCUT2D eigenvalue weighted by Gasteiger charge is -2.45. The van der Waals surface area contributed by atoms with Crippen molar-refractivity contribution in [2.24, 2.45) is 7.05 Å². The van der Waals surface area contributed by atoms with E-state index in [1.807, 2.05) is 40.1 Å². The van der Waals surface area contributed by atoms with Crippen molar-refractivity contribution in [2.45, 2.75) is 58.2 Å². The summed E-state index contributed by atoms with van der Waals surface area (Å²) in [7, 11) is 1.84. The van der Waals surface area contributed by atoms with Gasteiger partial charge in [-0.3, -0.25) is 14.3 Å². The van der Waals surface area contributed by atoms with Crippen LogP contribution >= 0.6 is 0 Å². The van der Waals surface area contributed by atoms with Crippen LogP contribution in [0.2, 0.25) is 0 Å². The lowest BCUT2D eigenvalue weighted by molar-refractivity contribution is -0.157. The number of hydrogen-bond acceptors (Lipinski definition) is 3. The van der Waals surface area contributed by atoms with E-state index in [4.69, 9.17) is 0 Å². The van der Waals surface area contributed by atoms with Crippen molar-refractivity contribution in [1.29, 1.82) is 0 Å². The van der Waals surface area contributed by atoms with Crippen LogP contribution in [-0.4, -0.2) is 38.1 Å². The van der Waals surface area contributed by atoms with Crippen molar-refractivity contribution < 1.29 is 9.59 Å². The number of aryl methyl sites for hydroxylation is 1. The summed E-state index contributed by atoms with van der Waals surface area (Å²) in [5.74, 6) is -0.0783. The Morgan fingerprint density at radius 2 is 2.10 bits per heavy atom. The topological polar surface area (TPSA) is 67.2 Å². The van der Waals surface area contributed by atoms with Crippen LogP contribution in [0, 0.1) is 0 Å². The van der Waals surface area contributed by atoms with Crippen LogP contribution in [0.25, 0.3) is 0 Å². The van der Waals surface area contributed by atoms with Gasteiger partial charge < -0.3 is 10.2 Å². The molecule has 1 fully saturated rings. The van der Waals surface area contributed by atoms with E-state index in [0.29, 0.717) is 19.4 Å². The average molecular weight is 292 g/mol. The van der Waals surface area contributed by atoms with Crippen molar-refractivity contribution in [3.05, 3.63) is 18.0 Å². The number of carbonyl (C=O) groups excluding carboxylic acids is 2. The van der Waals surface area contributed by atoms with Gasteiger partial charge in [-0.2, -0.15) is 5.10 Å². The number of amides is 2. The fourth-order valence-corrected chi connectivity index (χ4v) is 2.73. The van der Waals surface area contributed by atoms with Crippen LogP contribution < -0.4 is 5.32 Å². The lowest BCUT2D eigenvalue weighted by Crippen LogP contribution is -2.68. The lowest BCUT2D eigenvalue weighted by atomic mass is 9.89. The highest BCUT2D eigenvalue weighted by Crippen LogP contribution is 2.27. The molecule has 1 aromatic heterocycles. The molecule has 1 aliphatic heterocycles. The number of aromatic nitrogens is 2. The SMILES string of the molecule is CCCC1NC(=O)C(C)(CC)N(Cc2ccn(C)n2)C1=O. The van der Waals surface area contributed by atoms with Crippen molar-refractivity contribution in [3.8, 4) is 0 Å². The summed E-state index contributed by atoms with van der Waals surface area (Å²) in [5, 5.41) is 7.20. The van der Waals surface area contributed by atoms with E-state index in [1.165, 1.54) is 0 Å². The number of rotatable bonds is 5. The van der Waals surface area contributed by atoms with Gasteiger partial charge in [-0.05, 0) is 25.8 Å². The molecule has 21 heavy (non-hydrogen) atoms. The zero-order chi connectivity index (χ0) is 15.6. The second kappa shape index (κ2) is 5.87. The first kappa shape index (κ1) is 15.5. The van der Waals surface area contributed by atoms with E-state index >= 15 is 0 Å². The van der Waals surface area contributed by atoms with Gasteiger partial charge >= 0.3 is 0 Å². The van der Waals surface area contributed by atoms with Gasteiger partial charge in [-0.1, -0.05) is 20.3 Å². The third kappa shape index (κ3) is 2.80. The molecular formula is C15H24N4O2. The summed E-state index contributed by atoms with van der Waals surface area (Å²) in [6.45, 7) is 6.14. The van der Waals surface area contributed by atoms with Crippen LogP contribution in [0.4, 0.5) is 0 Å². The molecule has 6 nitrogen and oxygen atoms in total. The molecule has 2 rings (SSSR count). The molecule has 2 heterocycles. The first-order valence-corrected chi connectivity index (χ1v) is 7.53. The Bertz CT molecular complexity index is 540. The molecule has 1 aromatic rings.